The third-order valence-corrected chi connectivity index (χ3v) is 5.87. The Balaban J connectivity index is 1.52. The summed E-state index contributed by atoms with van der Waals surface area (Å²) in [5.74, 6) is 0.534. The van der Waals surface area contributed by atoms with Gasteiger partial charge in [0.1, 0.15) is 6.04 Å². The molecule has 1 atom stereocenters. The molecule has 0 saturated carbocycles. The van der Waals surface area contributed by atoms with E-state index in [0.717, 1.165) is 31.5 Å². The van der Waals surface area contributed by atoms with Crippen molar-refractivity contribution in [3.05, 3.63) is 71.3 Å². The first-order valence-corrected chi connectivity index (χ1v) is 10.9. The minimum atomic E-state index is -0.517. The molecule has 2 N–H and O–H groups in total. The summed E-state index contributed by atoms with van der Waals surface area (Å²) >= 11 is 0. The lowest BCUT2D eigenvalue weighted by molar-refractivity contribution is -0.135. The number of nitrogens with zero attached hydrogens (tertiary/aromatic N) is 1. The van der Waals surface area contributed by atoms with Gasteiger partial charge < -0.3 is 15.5 Å². The Kier molecular flexibility index (Phi) is 7.50. The minimum Gasteiger partial charge on any atom is -0.341 e. The average molecular weight is 408 g/mol. The molecule has 1 aliphatic rings. The van der Waals surface area contributed by atoms with E-state index in [9.17, 15) is 9.59 Å². The van der Waals surface area contributed by atoms with Crippen molar-refractivity contribution in [1.82, 2.24) is 15.5 Å². The molecule has 1 saturated heterocycles. The molecule has 3 amide bonds. The number of hydrogen-bond acceptors (Lipinski definition) is 2. The monoisotopic (exact) mass is 407 g/mol. The normalized spacial score (nSPS) is 15.7. The quantitative estimate of drug-likeness (QED) is 0.753. The van der Waals surface area contributed by atoms with Crippen molar-refractivity contribution in [2.24, 2.45) is 5.92 Å². The maximum absolute atomic E-state index is 13.1. The molecular formula is C25H33N3O2. The maximum Gasteiger partial charge on any atom is 0.315 e. The lowest BCUT2D eigenvalue weighted by Crippen LogP contribution is -2.54. The van der Waals surface area contributed by atoms with E-state index in [1.807, 2.05) is 49.1 Å². The zero-order chi connectivity index (χ0) is 21.5. The van der Waals surface area contributed by atoms with Gasteiger partial charge in [0.05, 0.1) is 0 Å². The van der Waals surface area contributed by atoms with E-state index in [1.54, 1.807) is 0 Å². The summed E-state index contributed by atoms with van der Waals surface area (Å²) in [6, 6.07) is 17.6. The standard InChI is InChI=1S/C25H33N3O2/c1-18(2)23(27-25(30)26-17-20-7-5-4-6-8-20)24(29)28-15-13-22(14-16-28)21-11-9-19(3)10-12-21/h4-12,18,22-23H,13-17H2,1-3H3,(H2,26,27,30)/t23-/m1/s1. The molecule has 5 heteroatoms. The summed E-state index contributed by atoms with van der Waals surface area (Å²) in [6.45, 7) is 7.94. The van der Waals surface area contributed by atoms with Gasteiger partial charge in [-0.15, -0.1) is 0 Å². The molecule has 5 nitrogen and oxygen atoms in total. The molecule has 0 unspecified atom stereocenters. The maximum atomic E-state index is 13.1. The van der Waals surface area contributed by atoms with Crippen LogP contribution in [0.25, 0.3) is 0 Å². The van der Waals surface area contributed by atoms with Gasteiger partial charge in [-0.05, 0) is 42.7 Å². The largest absolute Gasteiger partial charge is 0.341 e. The second kappa shape index (κ2) is 10.3. The summed E-state index contributed by atoms with van der Waals surface area (Å²) in [5.41, 5.74) is 3.65. The SMILES string of the molecule is Cc1ccc(C2CCN(C(=O)[C@H](NC(=O)NCc3ccccc3)C(C)C)CC2)cc1. The van der Waals surface area contributed by atoms with E-state index < -0.39 is 6.04 Å². The van der Waals surface area contributed by atoms with Crippen molar-refractivity contribution in [1.29, 1.82) is 0 Å². The van der Waals surface area contributed by atoms with Gasteiger partial charge in [-0.25, -0.2) is 4.79 Å². The predicted molar refractivity (Wildman–Crippen MR) is 120 cm³/mol. The zero-order valence-corrected chi connectivity index (χ0v) is 18.2. The Bertz CT molecular complexity index is 825. The number of urea groups is 1. The van der Waals surface area contributed by atoms with Gasteiger partial charge in [0, 0.05) is 19.6 Å². The number of likely N-dealkylation sites (tertiary alicyclic amines) is 1. The van der Waals surface area contributed by atoms with E-state index in [1.165, 1.54) is 11.1 Å². The molecule has 0 aromatic heterocycles. The molecule has 3 rings (SSSR count). The van der Waals surface area contributed by atoms with Crippen molar-refractivity contribution in [3.63, 3.8) is 0 Å². The highest BCUT2D eigenvalue weighted by Crippen LogP contribution is 2.28. The van der Waals surface area contributed by atoms with Crippen LogP contribution in [-0.2, 0) is 11.3 Å². The number of aryl methyl sites for hydroxylation is 1. The summed E-state index contributed by atoms with van der Waals surface area (Å²) in [4.78, 5) is 27.4. The van der Waals surface area contributed by atoms with Crippen LogP contribution in [0.5, 0.6) is 0 Å². The van der Waals surface area contributed by atoms with Crippen molar-refractivity contribution >= 4 is 11.9 Å². The topological polar surface area (TPSA) is 61.4 Å². The van der Waals surface area contributed by atoms with Gasteiger partial charge in [0.25, 0.3) is 0 Å². The van der Waals surface area contributed by atoms with E-state index >= 15 is 0 Å². The Morgan fingerprint density at radius 1 is 1.00 bits per heavy atom. The van der Waals surface area contributed by atoms with Gasteiger partial charge in [0.15, 0.2) is 0 Å². The highest BCUT2D eigenvalue weighted by Gasteiger charge is 2.31. The lowest BCUT2D eigenvalue weighted by Gasteiger charge is -2.35. The van der Waals surface area contributed by atoms with Crippen molar-refractivity contribution in [3.8, 4) is 0 Å². The molecule has 0 aliphatic carbocycles. The second-order valence-corrected chi connectivity index (χ2v) is 8.54. The average Bonchev–Trinajstić information content (AvgIpc) is 2.77. The van der Waals surface area contributed by atoms with Gasteiger partial charge in [-0.3, -0.25) is 4.79 Å². The summed E-state index contributed by atoms with van der Waals surface area (Å²) in [6.07, 6.45) is 1.92. The summed E-state index contributed by atoms with van der Waals surface area (Å²) in [5, 5.41) is 5.75. The molecule has 1 aliphatic heterocycles. The fraction of sp³-hybridized carbons (Fsp3) is 0.440. The van der Waals surface area contributed by atoms with E-state index in [-0.39, 0.29) is 17.9 Å². The van der Waals surface area contributed by atoms with Crippen molar-refractivity contribution in [2.75, 3.05) is 13.1 Å². The van der Waals surface area contributed by atoms with Crippen LogP contribution in [0.1, 0.15) is 49.3 Å². The molecule has 2 aromatic carbocycles. The highest BCUT2D eigenvalue weighted by atomic mass is 16.2. The molecule has 30 heavy (non-hydrogen) atoms. The molecular weight excluding hydrogens is 374 g/mol. The van der Waals surface area contributed by atoms with Crippen LogP contribution in [0.2, 0.25) is 0 Å². The molecule has 0 radical (unpaired) electrons. The van der Waals surface area contributed by atoms with Crippen LogP contribution in [0.15, 0.2) is 54.6 Å². The Labute approximate surface area is 179 Å². The van der Waals surface area contributed by atoms with Crippen LogP contribution < -0.4 is 10.6 Å². The lowest BCUT2D eigenvalue weighted by atomic mass is 9.88. The highest BCUT2D eigenvalue weighted by molar-refractivity contribution is 5.87. The Morgan fingerprint density at radius 3 is 2.23 bits per heavy atom. The smallest absolute Gasteiger partial charge is 0.315 e. The van der Waals surface area contributed by atoms with E-state index in [4.69, 9.17) is 0 Å². The second-order valence-electron chi connectivity index (χ2n) is 8.54. The fourth-order valence-electron chi connectivity index (χ4n) is 3.95. The predicted octanol–water partition coefficient (Wildman–Crippen LogP) is 4.23. The van der Waals surface area contributed by atoms with Crippen LogP contribution in [0.3, 0.4) is 0 Å². The molecule has 160 valence electrons. The molecule has 0 bridgehead atoms. The number of carbonyl (C=O) groups excluding carboxylic acids is 2. The third kappa shape index (κ3) is 5.85. The number of amides is 3. The molecule has 1 fully saturated rings. The van der Waals surface area contributed by atoms with Gasteiger partial charge in [-0.1, -0.05) is 74.0 Å². The summed E-state index contributed by atoms with van der Waals surface area (Å²) < 4.78 is 0. The first-order chi connectivity index (χ1) is 14.4. The van der Waals surface area contributed by atoms with E-state index in [2.05, 4.69) is 41.8 Å². The number of rotatable bonds is 6. The van der Waals surface area contributed by atoms with Crippen LogP contribution >= 0.6 is 0 Å². The zero-order valence-electron chi connectivity index (χ0n) is 18.2. The first-order valence-electron chi connectivity index (χ1n) is 10.9. The first kappa shape index (κ1) is 21.9. The molecule has 2 aromatic rings. The molecule has 1 heterocycles. The molecule has 0 spiro atoms. The number of benzene rings is 2. The van der Waals surface area contributed by atoms with Crippen molar-refractivity contribution in [2.45, 2.75) is 52.1 Å². The number of nitrogens with one attached hydrogen (secondary N) is 2. The van der Waals surface area contributed by atoms with Crippen molar-refractivity contribution < 1.29 is 9.59 Å². The Morgan fingerprint density at radius 2 is 1.63 bits per heavy atom. The van der Waals surface area contributed by atoms with Crippen LogP contribution in [0, 0.1) is 12.8 Å². The van der Waals surface area contributed by atoms with Crippen LogP contribution in [-0.4, -0.2) is 36.0 Å². The van der Waals surface area contributed by atoms with E-state index in [0.29, 0.717) is 12.5 Å². The number of piperidine rings is 1. The number of carbonyl (C=O) groups is 2. The minimum absolute atomic E-state index is 0.0159. The van der Waals surface area contributed by atoms with Gasteiger partial charge in [-0.2, -0.15) is 0 Å². The summed E-state index contributed by atoms with van der Waals surface area (Å²) in [7, 11) is 0. The fourth-order valence-corrected chi connectivity index (χ4v) is 3.95. The van der Waals surface area contributed by atoms with Crippen LogP contribution in [0.4, 0.5) is 4.79 Å². The Hall–Kier alpha value is -2.82. The number of hydrogen-bond donors (Lipinski definition) is 2. The third-order valence-electron chi connectivity index (χ3n) is 5.87. The van der Waals surface area contributed by atoms with Gasteiger partial charge >= 0.3 is 6.03 Å². The van der Waals surface area contributed by atoms with Gasteiger partial charge in [0.2, 0.25) is 5.91 Å².